The molecule has 0 aliphatic heterocycles. The smallest absolute Gasteiger partial charge is 0.323 e. The van der Waals surface area contributed by atoms with Crippen LogP contribution in [0.5, 0.6) is 0 Å². The Morgan fingerprint density at radius 1 is 1.36 bits per heavy atom. The zero-order chi connectivity index (χ0) is 8.69. The van der Waals surface area contributed by atoms with Crippen molar-refractivity contribution in [3.8, 4) is 0 Å². The molecule has 0 aliphatic carbocycles. The van der Waals surface area contributed by atoms with Crippen molar-refractivity contribution in [2.75, 3.05) is 13.2 Å². The lowest BCUT2D eigenvalue weighted by molar-refractivity contribution is -0.139. The summed E-state index contributed by atoms with van der Waals surface area (Å²) in [7, 11) is 0. The molecule has 0 saturated carbocycles. The number of rotatable bonds is 3. The van der Waals surface area contributed by atoms with Crippen LogP contribution in [0.25, 0.3) is 0 Å². The van der Waals surface area contributed by atoms with Gasteiger partial charge in [0.1, 0.15) is 0 Å². The van der Waals surface area contributed by atoms with Crippen LogP contribution in [0.3, 0.4) is 0 Å². The third-order valence-electron chi connectivity index (χ3n) is 0.958. The lowest BCUT2D eigenvalue weighted by atomic mass is 10.4. The Morgan fingerprint density at radius 2 is 2.00 bits per heavy atom. The molecule has 0 aromatic heterocycles. The van der Waals surface area contributed by atoms with Crippen LogP contribution in [0, 0.1) is 0 Å². The molecule has 0 aromatic rings. The van der Waals surface area contributed by atoms with E-state index < -0.39 is 11.8 Å². The number of carbonyl (C=O) groups is 2. The standard InChI is InChI=1S/C5H11N3O3/c6-8-5(11)4(10)7-2-1-3-9/h9H,1-3,6H2,(H,7,10)(H,8,11). The first-order valence-electron chi connectivity index (χ1n) is 3.12. The predicted molar refractivity (Wildman–Crippen MR) is 37.0 cm³/mol. The Labute approximate surface area is 63.7 Å². The fraction of sp³-hybridized carbons (Fsp3) is 0.600. The summed E-state index contributed by atoms with van der Waals surface area (Å²) in [6.07, 6.45) is 0.420. The highest BCUT2D eigenvalue weighted by Crippen LogP contribution is 1.72. The summed E-state index contributed by atoms with van der Waals surface area (Å²) in [6, 6.07) is 0. The van der Waals surface area contributed by atoms with Gasteiger partial charge >= 0.3 is 11.8 Å². The molecule has 6 heteroatoms. The SMILES string of the molecule is NNC(=O)C(=O)NCCCO. The molecular formula is C5H11N3O3. The molecule has 0 unspecified atom stereocenters. The first-order valence-corrected chi connectivity index (χ1v) is 3.12. The molecule has 0 fully saturated rings. The minimum Gasteiger partial charge on any atom is -0.396 e. The van der Waals surface area contributed by atoms with E-state index in [0.717, 1.165) is 0 Å². The minimum atomic E-state index is -0.886. The van der Waals surface area contributed by atoms with E-state index in [1.54, 1.807) is 5.43 Å². The summed E-state index contributed by atoms with van der Waals surface area (Å²) in [6.45, 7) is 0.243. The summed E-state index contributed by atoms with van der Waals surface area (Å²) < 4.78 is 0. The zero-order valence-corrected chi connectivity index (χ0v) is 5.96. The van der Waals surface area contributed by atoms with Gasteiger partial charge in [-0.15, -0.1) is 0 Å². The van der Waals surface area contributed by atoms with Crippen molar-refractivity contribution in [3.63, 3.8) is 0 Å². The first kappa shape index (κ1) is 9.86. The Balaban J connectivity index is 3.44. The molecule has 0 saturated heterocycles. The number of carbonyl (C=O) groups excluding carboxylic acids is 2. The van der Waals surface area contributed by atoms with E-state index in [-0.39, 0.29) is 13.2 Å². The number of nitrogens with one attached hydrogen (secondary N) is 2. The molecule has 0 radical (unpaired) electrons. The van der Waals surface area contributed by atoms with Crippen LogP contribution >= 0.6 is 0 Å². The van der Waals surface area contributed by atoms with E-state index in [9.17, 15) is 9.59 Å². The normalized spacial score (nSPS) is 8.91. The highest BCUT2D eigenvalue weighted by molar-refractivity contribution is 6.34. The van der Waals surface area contributed by atoms with E-state index in [1.807, 2.05) is 0 Å². The molecule has 0 bridgehead atoms. The molecule has 11 heavy (non-hydrogen) atoms. The minimum absolute atomic E-state index is 0.0233. The molecular weight excluding hydrogens is 150 g/mol. The zero-order valence-electron chi connectivity index (χ0n) is 5.96. The fourth-order valence-corrected chi connectivity index (χ4v) is 0.427. The van der Waals surface area contributed by atoms with Crippen LogP contribution in [0.15, 0.2) is 0 Å². The quantitative estimate of drug-likeness (QED) is 0.120. The summed E-state index contributed by atoms with van der Waals surface area (Å²) in [5, 5.41) is 10.5. The number of nitrogens with two attached hydrogens (primary N) is 1. The van der Waals surface area contributed by atoms with Crippen molar-refractivity contribution in [1.82, 2.24) is 10.7 Å². The third kappa shape index (κ3) is 4.29. The van der Waals surface area contributed by atoms with Crippen LogP contribution in [0.4, 0.5) is 0 Å². The number of aliphatic hydroxyl groups is 1. The van der Waals surface area contributed by atoms with E-state index in [1.165, 1.54) is 0 Å². The van der Waals surface area contributed by atoms with Crippen molar-refractivity contribution >= 4 is 11.8 Å². The number of aliphatic hydroxyl groups excluding tert-OH is 1. The van der Waals surface area contributed by atoms with E-state index in [2.05, 4.69) is 11.2 Å². The Bertz CT molecular complexity index is 148. The summed E-state index contributed by atoms with van der Waals surface area (Å²) >= 11 is 0. The van der Waals surface area contributed by atoms with Crippen LogP contribution in [0.2, 0.25) is 0 Å². The van der Waals surface area contributed by atoms with Gasteiger partial charge in [-0.05, 0) is 6.42 Å². The van der Waals surface area contributed by atoms with Crippen LogP contribution in [-0.2, 0) is 9.59 Å². The first-order chi connectivity index (χ1) is 5.22. The van der Waals surface area contributed by atoms with Gasteiger partial charge in [0, 0.05) is 13.2 Å². The van der Waals surface area contributed by atoms with E-state index >= 15 is 0 Å². The van der Waals surface area contributed by atoms with Gasteiger partial charge in [0.25, 0.3) is 0 Å². The average Bonchev–Trinajstić information content (AvgIpc) is 2.03. The highest BCUT2D eigenvalue weighted by atomic mass is 16.3. The molecule has 2 amide bonds. The molecule has 0 heterocycles. The molecule has 0 atom stereocenters. The Hall–Kier alpha value is -1.14. The summed E-state index contributed by atoms with van der Waals surface area (Å²) in [5.74, 6) is 2.99. The molecule has 0 aromatic carbocycles. The van der Waals surface area contributed by atoms with Crippen LogP contribution < -0.4 is 16.6 Å². The highest BCUT2D eigenvalue weighted by Gasteiger charge is 2.09. The fourth-order valence-electron chi connectivity index (χ4n) is 0.427. The van der Waals surface area contributed by atoms with Crippen molar-refractivity contribution in [2.24, 2.45) is 5.84 Å². The predicted octanol–water partition coefficient (Wildman–Crippen LogP) is -2.53. The maximum atomic E-state index is 10.6. The van der Waals surface area contributed by atoms with Crippen molar-refractivity contribution < 1.29 is 14.7 Å². The summed E-state index contributed by atoms with van der Waals surface area (Å²) in [5.41, 5.74) is 1.68. The number of hydrogen-bond acceptors (Lipinski definition) is 4. The van der Waals surface area contributed by atoms with Crippen LogP contribution in [0.1, 0.15) is 6.42 Å². The van der Waals surface area contributed by atoms with Crippen molar-refractivity contribution in [2.45, 2.75) is 6.42 Å². The maximum absolute atomic E-state index is 10.6. The van der Waals surface area contributed by atoms with Crippen molar-refractivity contribution in [1.29, 1.82) is 0 Å². The van der Waals surface area contributed by atoms with Gasteiger partial charge in [-0.25, -0.2) is 5.84 Å². The second kappa shape index (κ2) is 5.63. The number of amides is 2. The largest absolute Gasteiger partial charge is 0.396 e. The maximum Gasteiger partial charge on any atom is 0.323 e. The lowest BCUT2D eigenvalue weighted by Crippen LogP contribution is -2.43. The summed E-state index contributed by atoms with van der Waals surface area (Å²) in [4.78, 5) is 21.0. The molecule has 64 valence electrons. The van der Waals surface area contributed by atoms with Crippen LogP contribution in [-0.4, -0.2) is 30.1 Å². The Kier molecular flexibility index (Phi) is 5.05. The second-order valence-electron chi connectivity index (χ2n) is 1.81. The molecule has 0 aliphatic rings. The molecule has 0 spiro atoms. The topological polar surface area (TPSA) is 104 Å². The van der Waals surface area contributed by atoms with Gasteiger partial charge in [-0.2, -0.15) is 0 Å². The van der Waals surface area contributed by atoms with Gasteiger partial charge < -0.3 is 10.4 Å². The van der Waals surface area contributed by atoms with Gasteiger partial charge in [0.15, 0.2) is 0 Å². The monoisotopic (exact) mass is 161 g/mol. The van der Waals surface area contributed by atoms with Gasteiger partial charge in [0.2, 0.25) is 0 Å². The number of hydrazine groups is 1. The lowest BCUT2D eigenvalue weighted by Gasteiger charge is -2.00. The second-order valence-corrected chi connectivity index (χ2v) is 1.81. The van der Waals surface area contributed by atoms with E-state index in [0.29, 0.717) is 6.42 Å². The van der Waals surface area contributed by atoms with Gasteiger partial charge in [-0.1, -0.05) is 0 Å². The Morgan fingerprint density at radius 3 is 2.45 bits per heavy atom. The molecule has 0 rings (SSSR count). The number of hydrogen-bond donors (Lipinski definition) is 4. The van der Waals surface area contributed by atoms with Gasteiger partial charge in [-0.3, -0.25) is 15.0 Å². The van der Waals surface area contributed by atoms with Gasteiger partial charge in [0.05, 0.1) is 0 Å². The van der Waals surface area contributed by atoms with Crippen molar-refractivity contribution in [3.05, 3.63) is 0 Å². The molecule has 5 N–H and O–H groups in total. The molecule has 6 nitrogen and oxygen atoms in total. The van der Waals surface area contributed by atoms with E-state index in [4.69, 9.17) is 5.11 Å². The average molecular weight is 161 g/mol. The third-order valence-corrected chi connectivity index (χ3v) is 0.958.